The number of nitrogens with one attached hydrogen (secondary N) is 2. The van der Waals surface area contributed by atoms with Crippen molar-refractivity contribution in [1.29, 1.82) is 0 Å². The highest BCUT2D eigenvalue weighted by atomic mass is 16.2. The van der Waals surface area contributed by atoms with Gasteiger partial charge < -0.3 is 5.32 Å². The van der Waals surface area contributed by atoms with Crippen LogP contribution in [-0.4, -0.2) is 18.4 Å². The number of nitrogens with two attached hydrogens (primary N) is 1. The number of carbonyl (C=O) groups excluding carboxylic acids is 2. The van der Waals surface area contributed by atoms with Gasteiger partial charge in [0.15, 0.2) is 0 Å². The van der Waals surface area contributed by atoms with Crippen LogP contribution in [0, 0.1) is 5.92 Å². The Bertz CT molecular complexity index is 212. The molecule has 0 spiro atoms. The zero-order valence-electron chi connectivity index (χ0n) is 8.21. The van der Waals surface area contributed by atoms with E-state index in [2.05, 4.69) is 5.32 Å². The van der Waals surface area contributed by atoms with Gasteiger partial charge in [0.2, 0.25) is 5.91 Å². The van der Waals surface area contributed by atoms with Crippen LogP contribution in [0.5, 0.6) is 0 Å². The zero-order valence-corrected chi connectivity index (χ0v) is 8.21. The fourth-order valence-corrected chi connectivity index (χ4v) is 1.73. The molecule has 0 aliphatic heterocycles. The lowest BCUT2D eigenvalue weighted by Crippen LogP contribution is -2.42. The van der Waals surface area contributed by atoms with Crippen LogP contribution >= 0.6 is 0 Å². The van der Waals surface area contributed by atoms with Crippen molar-refractivity contribution in [2.24, 2.45) is 11.8 Å². The summed E-state index contributed by atoms with van der Waals surface area (Å²) >= 11 is 0. The Morgan fingerprint density at radius 2 is 1.86 bits per heavy atom. The molecule has 80 valence electrons. The standard InChI is InChI=1S/C9H17N3O2/c10-12-8(13)6-11-9(14)7-4-2-1-3-5-7/h7H,1-6,10H2,(H,11,14)(H,12,13). The van der Waals surface area contributed by atoms with Gasteiger partial charge in [-0.3, -0.25) is 15.0 Å². The van der Waals surface area contributed by atoms with Gasteiger partial charge >= 0.3 is 0 Å². The third-order valence-corrected chi connectivity index (χ3v) is 2.56. The Labute approximate surface area is 83.4 Å². The molecular formula is C9H17N3O2. The molecular weight excluding hydrogens is 182 g/mol. The average Bonchev–Trinajstić information content (AvgIpc) is 2.26. The first-order valence-corrected chi connectivity index (χ1v) is 5.01. The first-order chi connectivity index (χ1) is 6.74. The number of carbonyl (C=O) groups is 2. The molecule has 0 atom stereocenters. The Morgan fingerprint density at radius 3 is 2.43 bits per heavy atom. The van der Waals surface area contributed by atoms with Crippen LogP contribution in [0.25, 0.3) is 0 Å². The van der Waals surface area contributed by atoms with Gasteiger partial charge in [0, 0.05) is 5.92 Å². The molecule has 4 N–H and O–H groups in total. The quantitative estimate of drug-likeness (QED) is 0.330. The van der Waals surface area contributed by atoms with E-state index in [0.717, 1.165) is 25.7 Å². The molecule has 14 heavy (non-hydrogen) atoms. The van der Waals surface area contributed by atoms with E-state index in [1.807, 2.05) is 5.43 Å². The third kappa shape index (κ3) is 3.33. The smallest absolute Gasteiger partial charge is 0.253 e. The van der Waals surface area contributed by atoms with Gasteiger partial charge in [-0.05, 0) is 12.8 Å². The summed E-state index contributed by atoms with van der Waals surface area (Å²) in [6.07, 6.45) is 5.32. The van der Waals surface area contributed by atoms with Crippen LogP contribution in [0.15, 0.2) is 0 Å². The normalized spacial score (nSPS) is 17.5. The summed E-state index contributed by atoms with van der Waals surface area (Å²) in [5.41, 5.74) is 1.97. The van der Waals surface area contributed by atoms with E-state index >= 15 is 0 Å². The Kier molecular flexibility index (Phi) is 4.39. The predicted octanol–water partition coefficient (Wildman–Crippen LogP) is -0.327. The molecule has 2 amide bonds. The Hall–Kier alpha value is -1.10. The molecule has 0 aromatic heterocycles. The molecule has 0 unspecified atom stereocenters. The van der Waals surface area contributed by atoms with Crippen molar-refractivity contribution in [3.8, 4) is 0 Å². The largest absolute Gasteiger partial charge is 0.347 e. The highest BCUT2D eigenvalue weighted by Gasteiger charge is 2.20. The first-order valence-electron chi connectivity index (χ1n) is 5.01. The van der Waals surface area contributed by atoms with Crippen molar-refractivity contribution in [3.05, 3.63) is 0 Å². The number of amides is 2. The lowest BCUT2D eigenvalue weighted by molar-refractivity contribution is -0.129. The Balaban J connectivity index is 2.23. The lowest BCUT2D eigenvalue weighted by atomic mass is 9.89. The van der Waals surface area contributed by atoms with Gasteiger partial charge in [-0.2, -0.15) is 0 Å². The van der Waals surface area contributed by atoms with E-state index < -0.39 is 0 Å². The van der Waals surface area contributed by atoms with E-state index in [1.54, 1.807) is 0 Å². The second kappa shape index (κ2) is 5.59. The molecule has 1 aliphatic rings. The summed E-state index contributed by atoms with van der Waals surface area (Å²) in [6, 6.07) is 0. The van der Waals surface area contributed by atoms with Gasteiger partial charge in [0.05, 0.1) is 6.54 Å². The van der Waals surface area contributed by atoms with Crippen molar-refractivity contribution in [2.75, 3.05) is 6.54 Å². The highest BCUT2D eigenvalue weighted by molar-refractivity contribution is 5.85. The van der Waals surface area contributed by atoms with Crippen molar-refractivity contribution in [2.45, 2.75) is 32.1 Å². The molecule has 1 fully saturated rings. The fourth-order valence-electron chi connectivity index (χ4n) is 1.73. The summed E-state index contributed by atoms with van der Waals surface area (Å²) < 4.78 is 0. The predicted molar refractivity (Wildman–Crippen MR) is 51.9 cm³/mol. The second-order valence-electron chi connectivity index (χ2n) is 3.62. The molecule has 5 heteroatoms. The molecule has 0 heterocycles. The SMILES string of the molecule is NNC(=O)CNC(=O)C1CCCCC1. The van der Waals surface area contributed by atoms with Crippen LogP contribution in [0.1, 0.15) is 32.1 Å². The van der Waals surface area contributed by atoms with Crippen LogP contribution < -0.4 is 16.6 Å². The van der Waals surface area contributed by atoms with Crippen molar-refractivity contribution in [3.63, 3.8) is 0 Å². The number of hydrazine groups is 1. The minimum atomic E-state index is -0.367. The topological polar surface area (TPSA) is 84.2 Å². The first kappa shape index (κ1) is 11.0. The summed E-state index contributed by atoms with van der Waals surface area (Å²) in [4.78, 5) is 22.2. The molecule has 0 bridgehead atoms. The average molecular weight is 199 g/mol. The fraction of sp³-hybridized carbons (Fsp3) is 0.778. The minimum absolute atomic E-state index is 0.0201. The van der Waals surface area contributed by atoms with Gasteiger partial charge in [-0.25, -0.2) is 5.84 Å². The lowest BCUT2D eigenvalue weighted by Gasteiger charge is -2.20. The zero-order chi connectivity index (χ0) is 10.4. The molecule has 5 nitrogen and oxygen atoms in total. The second-order valence-corrected chi connectivity index (χ2v) is 3.62. The molecule has 0 saturated heterocycles. The molecule has 1 aliphatic carbocycles. The molecule has 0 aromatic rings. The summed E-state index contributed by atoms with van der Waals surface area (Å²) in [5.74, 6) is 4.59. The van der Waals surface area contributed by atoms with Crippen LogP contribution in [0.3, 0.4) is 0 Å². The summed E-state index contributed by atoms with van der Waals surface area (Å²) in [5, 5.41) is 2.57. The van der Waals surface area contributed by atoms with E-state index in [-0.39, 0.29) is 24.3 Å². The minimum Gasteiger partial charge on any atom is -0.347 e. The number of hydrogen-bond acceptors (Lipinski definition) is 3. The molecule has 0 aromatic carbocycles. The Morgan fingerprint density at radius 1 is 1.21 bits per heavy atom. The maximum Gasteiger partial charge on any atom is 0.253 e. The monoisotopic (exact) mass is 199 g/mol. The maximum atomic E-state index is 11.5. The summed E-state index contributed by atoms with van der Waals surface area (Å²) in [7, 11) is 0. The maximum absolute atomic E-state index is 11.5. The third-order valence-electron chi connectivity index (χ3n) is 2.56. The van der Waals surface area contributed by atoms with E-state index in [9.17, 15) is 9.59 Å². The van der Waals surface area contributed by atoms with Crippen molar-refractivity contribution in [1.82, 2.24) is 10.7 Å². The van der Waals surface area contributed by atoms with E-state index in [0.29, 0.717) is 0 Å². The van der Waals surface area contributed by atoms with Crippen LogP contribution in [0.2, 0.25) is 0 Å². The van der Waals surface area contributed by atoms with Crippen molar-refractivity contribution >= 4 is 11.8 Å². The van der Waals surface area contributed by atoms with Gasteiger partial charge in [0.25, 0.3) is 5.91 Å². The molecule has 0 radical (unpaired) electrons. The van der Waals surface area contributed by atoms with Gasteiger partial charge in [0.1, 0.15) is 0 Å². The van der Waals surface area contributed by atoms with E-state index in [1.165, 1.54) is 6.42 Å². The van der Waals surface area contributed by atoms with Crippen LogP contribution in [0.4, 0.5) is 0 Å². The van der Waals surface area contributed by atoms with Crippen molar-refractivity contribution < 1.29 is 9.59 Å². The number of rotatable bonds is 3. The molecule has 1 saturated carbocycles. The highest BCUT2D eigenvalue weighted by Crippen LogP contribution is 2.23. The molecule has 1 rings (SSSR count). The van der Waals surface area contributed by atoms with E-state index in [4.69, 9.17) is 5.84 Å². The van der Waals surface area contributed by atoms with Gasteiger partial charge in [-0.15, -0.1) is 0 Å². The van der Waals surface area contributed by atoms with Crippen LogP contribution in [-0.2, 0) is 9.59 Å². The van der Waals surface area contributed by atoms with Gasteiger partial charge in [-0.1, -0.05) is 19.3 Å². The summed E-state index contributed by atoms with van der Waals surface area (Å²) in [6.45, 7) is -0.0220. The number of hydrogen-bond donors (Lipinski definition) is 3.